The number of aromatic hydroxyl groups is 1. The minimum atomic E-state index is 0.425. The maximum absolute atomic E-state index is 10.3. The highest BCUT2D eigenvalue weighted by atomic mass is 16.3. The molecule has 2 nitrogen and oxygen atoms in total. The third-order valence-corrected chi connectivity index (χ3v) is 4.73. The SMILES string of the molecule is C[C@@H]1CCC[C@H](C)N1Cc1c(O)ccc2ccccc12. The zero-order chi connectivity index (χ0) is 14.1. The van der Waals surface area contributed by atoms with Gasteiger partial charge in [0.15, 0.2) is 0 Å². The fourth-order valence-electron chi connectivity index (χ4n) is 3.46. The lowest BCUT2D eigenvalue weighted by atomic mass is 9.95. The predicted octanol–water partition coefficient (Wildman–Crippen LogP) is 4.31. The van der Waals surface area contributed by atoms with E-state index in [1.807, 2.05) is 18.2 Å². The van der Waals surface area contributed by atoms with Gasteiger partial charge in [-0.05, 0) is 43.5 Å². The summed E-state index contributed by atoms with van der Waals surface area (Å²) in [6.07, 6.45) is 3.84. The van der Waals surface area contributed by atoms with E-state index in [2.05, 4.69) is 36.9 Å². The number of likely N-dealkylation sites (tertiary alicyclic amines) is 1. The fourth-order valence-corrected chi connectivity index (χ4v) is 3.46. The topological polar surface area (TPSA) is 23.5 Å². The molecule has 0 bridgehead atoms. The molecular weight excluding hydrogens is 246 g/mol. The molecule has 1 saturated heterocycles. The highest BCUT2D eigenvalue weighted by Gasteiger charge is 2.25. The number of piperidine rings is 1. The first-order chi connectivity index (χ1) is 9.66. The zero-order valence-electron chi connectivity index (χ0n) is 12.3. The number of benzene rings is 2. The van der Waals surface area contributed by atoms with E-state index in [0.717, 1.165) is 12.1 Å². The smallest absolute Gasteiger partial charge is 0.120 e. The molecule has 1 fully saturated rings. The van der Waals surface area contributed by atoms with Crippen molar-refractivity contribution in [1.29, 1.82) is 0 Å². The second-order valence-electron chi connectivity index (χ2n) is 6.09. The number of fused-ring (bicyclic) bond motifs is 1. The van der Waals surface area contributed by atoms with Crippen molar-refractivity contribution in [2.75, 3.05) is 0 Å². The molecule has 1 heterocycles. The van der Waals surface area contributed by atoms with Gasteiger partial charge in [0.2, 0.25) is 0 Å². The van der Waals surface area contributed by atoms with Crippen molar-refractivity contribution >= 4 is 10.8 Å². The molecular formula is C18H23NO. The Morgan fingerprint density at radius 3 is 2.50 bits per heavy atom. The highest BCUT2D eigenvalue weighted by Crippen LogP contribution is 2.32. The molecule has 0 amide bonds. The van der Waals surface area contributed by atoms with Crippen molar-refractivity contribution in [1.82, 2.24) is 4.90 Å². The molecule has 0 spiro atoms. The van der Waals surface area contributed by atoms with Gasteiger partial charge in [-0.1, -0.05) is 36.8 Å². The van der Waals surface area contributed by atoms with E-state index in [1.54, 1.807) is 0 Å². The van der Waals surface area contributed by atoms with Gasteiger partial charge in [-0.25, -0.2) is 0 Å². The van der Waals surface area contributed by atoms with Crippen molar-refractivity contribution in [3.63, 3.8) is 0 Å². The minimum Gasteiger partial charge on any atom is -0.508 e. The molecule has 1 N–H and O–H groups in total. The van der Waals surface area contributed by atoms with Gasteiger partial charge >= 0.3 is 0 Å². The molecule has 0 aliphatic carbocycles. The van der Waals surface area contributed by atoms with E-state index in [9.17, 15) is 5.11 Å². The molecule has 2 atom stereocenters. The van der Waals surface area contributed by atoms with Gasteiger partial charge in [0.25, 0.3) is 0 Å². The van der Waals surface area contributed by atoms with Crippen molar-refractivity contribution in [2.24, 2.45) is 0 Å². The van der Waals surface area contributed by atoms with Gasteiger partial charge < -0.3 is 5.11 Å². The van der Waals surface area contributed by atoms with Crippen LogP contribution < -0.4 is 0 Å². The van der Waals surface area contributed by atoms with Crippen LogP contribution >= 0.6 is 0 Å². The average molecular weight is 269 g/mol. The Bertz CT molecular complexity index is 597. The van der Waals surface area contributed by atoms with E-state index in [4.69, 9.17) is 0 Å². The third kappa shape index (κ3) is 2.40. The largest absolute Gasteiger partial charge is 0.508 e. The lowest BCUT2D eigenvalue weighted by Crippen LogP contribution is -2.43. The second-order valence-corrected chi connectivity index (χ2v) is 6.09. The maximum Gasteiger partial charge on any atom is 0.120 e. The molecule has 0 unspecified atom stereocenters. The number of rotatable bonds is 2. The molecule has 20 heavy (non-hydrogen) atoms. The summed E-state index contributed by atoms with van der Waals surface area (Å²) in [5.41, 5.74) is 1.07. The standard InChI is InChI=1S/C18H23NO/c1-13-6-5-7-14(2)19(13)12-17-16-9-4-3-8-15(16)10-11-18(17)20/h3-4,8-11,13-14,20H,5-7,12H2,1-2H3/t13-,14+. The summed E-state index contributed by atoms with van der Waals surface area (Å²) in [4.78, 5) is 2.53. The van der Waals surface area contributed by atoms with E-state index in [-0.39, 0.29) is 0 Å². The van der Waals surface area contributed by atoms with Gasteiger partial charge in [0.05, 0.1) is 0 Å². The van der Waals surface area contributed by atoms with Crippen LogP contribution in [0, 0.1) is 0 Å². The van der Waals surface area contributed by atoms with Gasteiger partial charge in [0.1, 0.15) is 5.75 Å². The number of hydrogen-bond acceptors (Lipinski definition) is 2. The lowest BCUT2D eigenvalue weighted by molar-refractivity contribution is 0.0949. The summed E-state index contributed by atoms with van der Waals surface area (Å²) in [7, 11) is 0. The quantitative estimate of drug-likeness (QED) is 0.878. The molecule has 2 heteroatoms. The first kappa shape index (κ1) is 13.4. The van der Waals surface area contributed by atoms with Crippen LogP contribution in [0.5, 0.6) is 5.75 Å². The van der Waals surface area contributed by atoms with Crippen LogP contribution in [0.2, 0.25) is 0 Å². The van der Waals surface area contributed by atoms with Gasteiger partial charge in [-0.15, -0.1) is 0 Å². The molecule has 2 aromatic carbocycles. The second kappa shape index (κ2) is 5.45. The zero-order valence-corrected chi connectivity index (χ0v) is 12.3. The molecule has 1 aliphatic rings. The minimum absolute atomic E-state index is 0.425. The Kier molecular flexibility index (Phi) is 3.66. The van der Waals surface area contributed by atoms with E-state index in [1.165, 1.54) is 30.0 Å². The van der Waals surface area contributed by atoms with Crippen molar-refractivity contribution < 1.29 is 5.11 Å². The molecule has 0 saturated carbocycles. The molecule has 0 aromatic heterocycles. The van der Waals surface area contributed by atoms with Gasteiger partial charge in [-0.3, -0.25) is 4.90 Å². The van der Waals surface area contributed by atoms with Gasteiger partial charge in [-0.2, -0.15) is 0 Å². The average Bonchev–Trinajstić information content (AvgIpc) is 2.45. The predicted molar refractivity (Wildman–Crippen MR) is 83.9 cm³/mol. The normalized spacial score (nSPS) is 24.1. The number of phenolic OH excluding ortho intramolecular Hbond substituents is 1. The van der Waals surface area contributed by atoms with Gasteiger partial charge in [0, 0.05) is 24.2 Å². The summed E-state index contributed by atoms with van der Waals surface area (Å²) in [5.74, 6) is 0.425. The molecule has 2 aromatic rings. The first-order valence-corrected chi connectivity index (χ1v) is 7.62. The van der Waals surface area contributed by atoms with Crippen LogP contribution in [-0.4, -0.2) is 22.1 Å². The van der Waals surface area contributed by atoms with Crippen LogP contribution in [0.25, 0.3) is 10.8 Å². The monoisotopic (exact) mass is 269 g/mol. The number of phenols is 1. The summed E-state index contributed by atoms with van der Waals surface area (Å²) >= 11 is 0. The summed E-state index contributed by atoms with van der Waals surface area (Å²) in [6.45, 7) is 5.45. The molecule has 1 aliphatic heterocycles. The summed E-state index contributed by atoms with van der Waals surface area (Å²) in [6, 6.07) is 13.3. The van der Waals surface area contributed by atoms with Crippen molar-refractivity contribution in [3.8, 4) is 5.75 Å². The van der Waals surface area contributed by atoms with Crippen LogP contribution in [0.15, 0.2) is 36.4 Å². The third-order valence-electron chi connectivity index (χ3n) is 4.73. The fraction of sp³-hybridized carbons (Fsp3) is 0.444. The van der Waals surface area contributed by atoms with Crippen LogP contribution in [0.4, 0.5) is 0 Å². The Balaban J connectivity index is 1.99. The van der Waals surface area contributed by atoms with Crippen molar-refractivity contribution in [2.45, 2.75) is 51.7 Å². The van der Waals surface area contributed by atoms with Crippen LogP contribution in [-0.2, 0) is 6.54 Å². The van der Waals surface area contributed by atoms with Crippen LogP contribution in [0.3, 0.4) is 0 Å². The molecule has 0 radical (unpaired) electrons. The van der Waals surface area contributed by atoms with E-state index in [0.29, 0.717) is 17.8 Å². The first-order valence-electron chi connectivity index (χ1n) is 7.62. The number of nitrogens with zero attached hydrogens (tertiary/aromatic N) is 1. The molecule has 3 rings (SSSR count). The Morgan fingerprint density at radius 2 is 1.75 bits per heavy atom. The summed E-state index contributed by atoms with van der Waals surface area (Å²) in [5, 5.41) is 12.7. The van der Waals surface area contributed by atoms with E-state index >= 15 is 0 Å². The maximum atomic E-state index is 10.3. The van der Waals surface area contributed by atoms with E-state index < -0.39 is 0 Å². The Morgan fingerprint density at radius 1 is 1.05 bits per heavy atom. The van der Waals surface area contributed by atoms with Crippen LogP contribution in [0.1, 0.15) is 38.7 Å². The summed E-state index contributed by atoms with van der Waals surface area (Å²) < 4.78 is 0. The Hall–Kier alpha value is -1.54. The highest BCUT2D eigenvalue weighted by molar-refractivity contribution is 5.87. The Labute approximate surface area is 121 Å². The lowest BCUT2D eigenvalue weighted by Gasteiger charge is -2.39. The van der Waals surface area contributed by atoms with Crippen molar-refractivity contribution in [3.05, 3.63) is 42.0 Å². The molecule has 106 valence electrons. The number of hydrogen-bond donors (Lipinski definition) is 1.